The third kappa shape index (κ3) is 3.21. The zero-order valence-corrected chi connectivity index (χ0v) is 12.5. The summed E-state index contributed by atoms with van der Waals surface area (Å²) in [5.41, 5.74) is 8.98. The van der Waals surface area contributed by atoms with Crippen LogP contribution in [-0.4, -0.2) is 36.4 Å². The maximum absolute atomic E-state index is 7.77. The monoisotopic (exact) mass is 278 g/mol. The molecular formula is C14H22N4S. The van der Waals surface area contributed by atoms with E-state index in [1.807, 2.05) is 18.8 Å². The molecule has 0 bridgehead atoms. The van der Waals surface area contributed by atoms with Crippen molar-refractivity contribution in [2.45, 2.75) is 25.7 Å². The largest absolute Gasteiger partial charge is 0.384 e. The van der Waals surface area contributed by atoms with Crippen molar-refractivity contribution in [1.29, 1.82) is 5.41 Å². The molecule has 2 rings (SSSR count). The SMILES string of the molecule is CSCCN(C)c1nc2c(cc1C(=N)N)CCCC2. The summed E-state index contributed by atoms with van der Waals surface area (Å²) in [5, 5.41) is 7.77. The third-order valence-electron chi connectivity index (χ3n) is 3.56. The van der Waals surface area contributed by atoms with Crippen LogP contribution < -0.4 is 10.6 Å². The number of nitrogens with one attached hydrogen (secondary N) is 1. The summed E-state index contributed by atoms with van der Waals surface area (Å²) in [6.45, 7) is 0.924. The molecule has 1 aromatic rings. The van der Waals surface area contributed by atoms with Crippen molar-refractivity contribution >= 4 is 23.4 Å². The van der Waals surface area contributed by atoms with Crippen LogP contribution in [0, 0.1) is 5.41 Å². The van der Waals surface area contributed by atoms with E-state index in [2.05, 4.69) is 17.2 Å². The second-order valence-electron chi connectivity index (χ2n) is 5.00. The van der Waals surface area contributed by atoms with E-state index < -0.39 is 0 Å². The number of nitrogen functional groups attached to an aromatic ring is 1. The standard InChI is InChI=1S/C14H22N4S/c1-18(7-8-19-2)14-11(13(15)16)9-10-5-3-4-6-12(10)17-14/h9H,3-8H2,1-2H3,(H3,15,16). The number of nitrogens with zero attached hydrogens (tertiary/aromatic N) is 2. The van der Waals surface area contributed by atoms with Gasteiger partial charge in [0.15, 0.2) is 0 Å². The summed E-state index contributed by atoms with van der Waals surface area (Å²) < 4.78 is 0. The fraction of sp³-hybridized carbons (Fsp3) is 0.571. The van der Waals surface area contributed by atoms with Crippen LogP contribution in [-0.2, 0) is 12.8 Å². The number of aromatic nitrogens is 1. The van der Waals surface area contributed by atoms with E-state index in [-0.39, 0.29) is 5.84 Å². The Morgan fingerprint density at radius 1 is 1.47 bits per heavy atom. The average molecular weight is 278 g/mol. The summed E-state index contributed by atoms with van der Waals surface area (Å²) in [6.07, 6.45) is 6.65. The highest BCUT2D eigenvalue weighted by atomic mass is 32.2. The van der Waals surface area contributed by atoms with Crippen molar-refractivity contribution in [2.75, 3.05) is 30.5 Å². The normalized spacial score (nSPS) is 14.0. The van der Waals surface area contributed by atoms with E-state index in [9.17, 15) is 0 Å². The zero-order valence-electron chi connectivity index (χ0n) is 11.7. The molecule has 0 amide bonds. The van der Waals surface area contributed by atoms with Gasteiger partial charge in [0.25, 0.3) is 0 Å². The minimum absolute atomic E-state index is 0.117. The number of nitrogens with two attached hydrogens (primary N) is 1. The minimum atomic E-state index is 0.117. The van der Waals surface area contributed by atoms with Crippen molar-refractivity contribution in [2.24, 2.45) is 5.73 Å². The predicted octanol–water partition coefficient (Wildman–Crippen LogP) is 2.04. The Bertz CT molecular complexity index is 473. The highest BCUT2D eigenvalue weighted by Crippen LogP contribution is 2.26. The second-order valence-corrected chi connectivity index (χ2v) is 5.99. The number of anilines is 1. The first kappa shape index (κ1) is 14.2. The van der Waals surface area contributed by atoms with Gasteiger partial charge in [0.2, 0.25) is 0 Å². The maximum Gasteiger partial charge on any atom is 0.139 e. The molecular weight excluding hydrogens is 256 g/mol. The quantitative estimate of drug-likeness (QED) is 0.639. The van der Waals surface area contributed by atoms with Gasteiger partial charge in [-0.2, -0.15) is 11.8 Å². The lowest BCUT2D eigenvalue weighted by Gasteiger charge is -2.24. The molecule has 0 unspecified atom stereocenters. The lowest BCUT2D eigenvalue weighted by molar-refractivity contribution is 0.666. The van der Waals surface area contributed by atoms with E-state index in [0.29, 0.717) is 0 Å². The van der Waals surface area contributed by atoms with Crippen LogP contribution in [0.25, 0.3) is 0 Å². The number of amidine groups is 1. The zero-order chi connectivity index (χ0) is 13.8. The summed E-state index contributed by atoms with van der Waals surface area (Å²) >= 11 is 1.81. The van der Waals surface area contributed by atoms with Crippen molar-refractivity contribution in [3.05, 3.63) is 22.9 Å². The van der Waals surface area contributed by atoms with Gasteiger partial charge in [-0.1, -0.05) is 0 Å². The number of fused-ring (bicyclic) bond motifs is 1. The van der Waals surface area contributed by atoms with Crippen LogP contribution in [0.2, 0.25) is 0 Å². The smallest absolute Gasteiger partial charge is 0.139 e. The highest BCUT2D eigenvalue weighted by Gasteiger charge is 2.18. The number of aryl methyl sites for hydroxylation is 2. The summed E-state index contributed by atoms with van der Waals surface area (Å²) in [6, 6.07) is 2.08. The fourth-order valence-electron chi connectivity index (χ4n) is 2.45. The molecule has 1 heterocycles. The fourth-order valence-corrected chi connectivity index (χ4v) is 2.90. The van der Waals surface area contributed by atoms with Crippen molar-refractivity contribution < 1.29 is 0 Å². The molecule has 0 atom stereocenters. The molecule has 3 N–H and O–H groups in total. The third-order valence-corrected chi connectivity index (χ3v) is 4.15. The van der Waals surface area contributed by atoms with Gasteiger partial charge in [0, 0.05) is 25.0 Å². The van der Waals surface area contributed by atoms with E-state index in [1.54, 1.807) is 0 Å². The molecule has 1 aliphatic carbocycles. The number of thioether (sulfide) groups is 1. The Morgan fingerprint density at radius 3 is 2.89 bits per heavy atom. The van der Waals surface area contributed by atoms with Crippen molar-refractivity contribution in [3.8, 4) is 0 Å². The number of hydrogen-bond acceptors (Lipinski definition) is 4. The van der Waals surface area contributed by atoms with Gasteiger partial charge in [-0.05, 0) is 43.6 Å². The first-order valence-electron chi connectivity index (χ1n) is 6.70. The first-order valence-corrected chi connectivity index (χ1v) is 8.10. The van der Waals surface area contributed by atoms with Gasteiger partial charge >= 0.3 is 0 Å². The van der Waals surface area contributed by atoms with Crippen molar-refractivity contribution in [1.82, 2.24) is 4.98 Å². The predicted molar refractivity (Wildman–Crippen MR) is 83.5 cm³/mol. The van der Waals surface area contributed by atoms with Crippen LogP contribution in [0.4, 0.5) is 5.82 Å². The molecule has 4 nitrogen and oxygen atoms in total. The summed E-state index contributed by atoms with van der Waals surface area (Å²) in [7, 11) is 2.03. The van der Waals surface area contributed by atoms with Crippen LogP contribution in [0.1, 0.15) is 29.7 Å². The molecule has 0 saturated heterocycles. The topological polar surface area (TPSA) is 66.0 Å². The summed E-state index contributed by atoms with van der Waals surface area (Å²) in [5.74, 6) is 2.03. The molecule has 104 valence electrons. The molecule has 0 saturated carbocycles. The Balaban J connectivity index is 2.36. The molecule has 5 heteroatoms. The second kappa shape index (κ2) is 6.28. The number of hydrogen-bond donors (Lipinski definition) is 2. The van der Waals surface area contributed by atoms with E-state index in [1.165, 1.54) is 24.1 Å². The molecule has 19 heavy (non-hydrogen) atoms. The molecule has 0 fully saturated rings. The van der Waals surface area contributed by atoms with Crippen LogP contribution in [0.15, 0.2) is 6.07 Å². The first-order chi connectivity index (χ1) is 9.13. The average Bonchev–Trinajstić information content (AvgIpc) is 2.43. The van der Waals surface area contributed by atoms with Gasteiger partial charge in [-0.3, -0.25) is 5.41 Å². The Hall–Kier alpha value is -1.23. The Kier molecular flexibility index (Phi) is 4.69. The lowest BCUT2D eigenvalue weighted by Crippen LogP contribution is -2.27. The van der Waals surface area contributed by atoms with Crippen LogP contribution in [0.3, 0.4) is 0 Å². The van der Waals surface area contributed by atoms with Crippen LogP contribution in [0.5, 0.6) is 0 Å². The lowest BCUT2D eigenvalue weighted by atomic mass is 9.94. The van der Waals surface area contributed by atoms with Crippen LogP contribution >= 0.6 is 11.8 Å². The van der Waals surface area contributed by atoms with Gasteiger partial charge in [0.1, 0.15) is 11.7 Å². The molecule has 0 aromatic carbocycles. The molecule has 0 spiro atoms. The number of rotatable bonds is 5. The minimum Gasteiger partial charge on any atom is -0.384 e. The van der Waals surface area contributed by atoms with Gasteiger partial charge in [-0.25, -0.2) is 4.98 Å². The van der Waals surface area contributed by atoms with Gasteiger partial charge in [0.05, 0.1) is 5.56 Å². The van der Waals surface area contributed by atoms with Gasteiger partial charge < -0.3 is 10.6 Å². The molecule has 0 aliphatic heterocycles. The van der Waals surface area contributed by atoms with Gasteiger partial charge in [-0.15, -0.1) is 0 Å². The Labute approximate surface area is 119 Å². The van der Waals surface area contributed by atoms with E-state index in [0.717, 1.165) is 36.5 Å². The molecule has 1 aliphatic rings. The number of pyridine rings is 1. The maximum atomic E-state index is 7.77. The Morgan fingerprint density at radius 2 is 2.21 bits per heavy atom. The van der Waals surface area contributed by atoms with E-state index in [4.69, 9.17) is 16.1 Å². The van der Waals surface area contributed by atoms with E-state index >= 15 is 0 Å². The highest BCUT2D eigenvalue weighted by molar-refractivity contribution is 7.98. The van der Waals surface area contributed by atoms with Crippen molar-refractivity contribution in [3.63, 3.8) is 0 Å². The molecule has 1 aromatic heterocycles. The summed E-state index contributed by atoms with van der Waals surface area (Å²) in [4.78, 5) is 6.90. The molecule has 0 radical (unpaired) electrons.